The van der Waals surface area contributed by atoms with Gasteiger partial charge in [0.25, 0.3) is 0 Å². The largest absolute Gasteiger partial charge is 0.354 e. The van der Waals surface area contributed by atoms with Crippen LogP contribution in [-0.4, -0.2) is 55.7 Å². The van der Waals surface area contributed by atoms with Gasteiger partial charge in [0.1, 0.15) is 5.82 Å². The standard InChI is InChI=1S/C12H20N3OP/c1-17(2,16)11-14-7-9-15(10-8-14)12-5-3-4-6-13-12/h3-6H,7-11H2,1-2H3. The molecule has 4 nitrogen and oxygen atoms in total. The number of anilines is 1. The molecule has 94 valence electrons. The van der Waals surface area contributed by atoms with Gasteiger partial charge < -0.3 is 9.46 Å². The van der Waals surface area contributed by atoms with Crippen molar-refractivity contribution in [2.24, 2.45) is 0 Å². The molecule has 1 aliphatic heterocycles. The molecule has 1 aromatic heterocycles. The van der Waals surface area contributed by atoms with Crippen molar-refractivity contribution in [2.75, 3.05) is 50.7 Å². The van der Waals surface area contributed by atoms with Crippen LogP contribution in [0.5, 0.6) is 0 Å². The number of piperazine rings is 1. The van der Waals surface area contributed by atoms with Gasteiger partial charge >= 0.3 is 0 Å². The first-order valence-corrected chi connectivity index (χ1v) is 8.75. The van der Waals surface area contributed by atoms with Gasteiger partial charge in [-0.15, -0.1) is 0 Å². The van der Waals surface area contributed by atoms with Gasteiger partial charge in [0.15, 0.2) is 0 Å². The minimum Gasteiger partial charge on any atom is -0.354 e. The highest BCUT2D eigenvalue weighted by Gasteiger charge is 2.21. The quantitative estimate of drug-likeness (QED) is 0.769. The van der Waals surface area contributed by atoms with Crippen molar-refractivity contribution >= 4 is 13.0 Å². The van der Waals surface area contributed by atoms with Crippen molar-refractivity contribution in [3.05, 3.63) is 24.4 Å². The molecule has 0 spiro atoms. The maximum atomic E-state index is 11.8. The van der Waals surface area contributed by atoms with E-state index in [1.54, 1.807) is 0 Å². The maximum Gasteiger partial charge on any atom is 0.128 e. The molecule has 1 aliphatic rings. The molecule has 5 heteroatoms. The average molecular weight is 253 g/mol. The third kappa shape index (κ3) is 3.83. The predicted octanol–water partition coefficient (Wildman–Crippen LogP) is 1.78. The minimum atomic E-state index is -1.93. The summed E-state index contributed by atoms with van der Waals surface area (Å²) in [5, 5.41) is 0. The summed E-state index contributed by atoms with van der Waals surface area (Å²) in [6.07, 6.45) is 2.57. The maximum absolute atomic E-state index is 11.8. The zero-order chi connectivity index (χ0) is 12.3. The zero-order valence-corrected chi connectivity index (χ0v) is 11.4. The van der Waals surface area contributed by atoms with Crippen LogP contribution in [0.25, 0.3) is 0 Å². The summed E-state index contributed by atoms with van der Waals surface area (Å²) in [6.45, 7) is 7.61. The van der Waals surface area contributed by atoms with Crippen LogP contribution in [0.15, 0.2) is 24.4 Å². The van der Waals surface area contributed by atoms with Gasteiger partial charge in [-0.1, -0.05) is 6.07 Å². The molecule has 1 aromatic rings. The second-order valence-corrected chi connectivity index (χ2v) is 8.44. The lowest BCUT2D eigenvalue weighted by Crippen LogP contribution is -2.46. The van der Waals surface area contributed by atoms with Crippen LogP contribution in [0.2, 0.25) is 0 Å². The SMILES string of the molecule is CP(C)(=O)CN1CCN(c2ccccn2)CC1. The molecule has 0 atom stereocenters. The minimum absolute atomic E-state index is 0.739. The molecule has 0 N–H and O–H groups in total. The van der Waals surface area contributed by atoms with E-state index in [4.69, 9.17) is 0 Å². The first kappa shape index (κ1) is 12.6. The summed E-state index contributed by atoms with van der Waals surface area (Å²) in [7, 11) is -1.93. The van der Waals surface area contributed by atoms with E-state index in [1.165, 1.54) is 0 Å². The number of hydrogen-bond donors (Lipinski definition) is 0. The lowest BCUT2D eigenvalue weighted by atomic mass is 10.3. The van der Waals surface area contributed by atoms with Crippen molar-refractivity contribution in [1.29, 1.82) is 0 Å². The van der Waals surface area contributed by atoms with Crippen molar-refractivity contribution in [1.82, 2.24) is 9.88 Å². The van der Waals surface area contributed by atoms with E-state index >= 15 is 0 Å². The Morgan fingerprint density at radius 3 is 2.47 bits per heavy atom. The van der Waals surface area contributed by atoms with Crippen LogP contribution in [-0.2, 0) is 4.57 Å². The van der Waals surface area contributed by atoms with Gasteiger partial charge in [0.2, 0.25) is 0 Å². The molecule has 1 saturated heterocycles. The fourth-order valence-corrected chi connectivity index (χ4v) is 3.39. The molecule has 0 aliphatic carbocycles. The third-order valence-corrected chi connectivity index (χ3v) is 3.97. The van der Waals surface area contributed by atoms with Crippen molar-refractivity contribution < 1.29 is 4.57 Å². The van der Waals surface area contributed by atoms with E-state index in [9.17, 15) is 4.57 Å². The van der Waals surface area contributed by atoms with Crippen LogP contribution in [0, 0.1) is 0 Å². The monoisotopic (exact) mass is 253 g/mol. The predicted molar refractivity (Wildman–Crippen MR) is 72.3 cm³/mol. The Morgan fingerprint density at radius 1 is 1.24 bits per heavy atom. The van der Waals surface area contributed by atoms with Crippen molar-refractivity contribution in [3.8, 4) is 0 Å². The molecular weight excluding hydrogens is 233 g/mol. The van der Waals surface area contributed by atoms with Crippen LogP contribution in [0.3, 0.4) is 0 Å². The van der Waals surface area contributed by atoms with Crippen LogP contribution < -0.4 is 4.90 Å². The summed E-state index contributed by atoms with van der Waals surface area (Å²) in [5.74, 6) is 1.04. The Hall–Kier alpha value is -0.860. The highest BCUT2D eigenvalue weighted by molar-refractivity contribution is 7.62. The molecule has 0 radical (unpaired) electrons. The van der Waals surface area contributed by atoms with E-state index in [-0.39, 0.29) is 0 Å². The Labute approximate surface area is 103 Å². The molecule has 0 aromatic carbocycles. The average Bonchev–Trinajstić information content (AvgIpc) is 2.29. The van der Waals surface area contributed by atoms with E-state index in [0.717, 1.165) is 38.3 Å². The fraction of sp³-hybridized carbons (Fsp3) is 0.583. The number of nitrogens with zero attached hydrogens (tertiary/aromatic N) is 3. The topological polar surface area (TPSA) is 36.4 Å². The molecule has 0 amide bonds. The van der Waals surface area contributed by atoms with Gasteiger partial charge in [0.05, 0.1) is 13.4 Å². The fourth-order valence-electron chi connectivity index (χ4n) is 2.14. The van der Waals surface area contributed by atoms with E-state index < -0.39 is 7.14 Å². The smallest absolute Gasteiger partial charge is 0.128 e. The summed E-state index contributed by atoms with van der Waals surface area (Å²) in [5.41, 5.74) is 0. The number of pyridine rings is 1. The van der Waals surface area contributed by atoms with Gasteiger partial charge in [-0.25, -0.2) is 4.98 Å². The lowest BCUT2D eigenvalue weighted by molar-refractivity contribution is 0.293. The summed E-state index contributed by atoms with van der Waals surface area (Å²) >= 11 is 0. The second-order valence-electron chi connectivity index (χ2n) is 5.01. The van der Waals surface area contributed by atoms with E-state index in [1.807, 2.05) is 37.7 Å². The Kier molecular flexibility index (Phi) is 3.85. The normalized spacial score (nSPS) is 18.4. The molecule has 0 bridgehead atoms. The summed E-state index contributed by atoms with van der Waals surface area (Å²) in [6, 6.07) is 5.99. The van der Waals surface area contributed by atoms with Gasteiger partial charge in [-0.2, -0.15) is 0 Å². The summed E-state index contributed by atoms with van der Waals surface area (Å²) < 4.78 is 11.8. The van der Waals surface area contributed by atoms with Crippen LogP contribution in [0.1, 0.15) is 0 Å². The first-order valence-electron chi connectivity index (χ1n) is 5.97. The molecule has 1 fully saturated rings. The highest BCUT2D eigenvalue weighted by Crippen LogP contribution is 2.36. The van der Waals surface area contributed by atoms with Crippen molar-refractivity contribution in [3.63, 3.8) is 0 Å². The Morgan fingerprint density at radius 2 is 1.94 bits per heavy atom. The zero-order valence-electron chi connectivity index (χ0n) is 10.5. The van der Waals surface area contributed by atoms with E-state index in [2.05, 4.69) is 14.8 Å². The Balaban J connectivity index is 1.89. The van der Waals surface area contributed by atoms with Crippen molar-refractivity contribution in [2.45, 2.75) is 0 Å². The third-order valence-electron chi connectivity index (χ3n) is 2.89. The second kappa shape index (κ2) is 5.19. The molecule has 17 heavy (non-hydrogen) atoms. The molecule has 2 rings (SSSR count). The van der Waals surface area contributed by atoms with E-state index in [0.29, 0.717) is 0 Å². The molecule has 2 heterocycles. The van der Waals surface area contributed by atoms with Gasteiger partial charge in [0, 0.05) is 32.4 Å². The molecule has 0 saturated carbocycles. The summed E-state index contributed by atoms with van der Waals surface area (Å²) in [4.78, 5) is 8.93. The Bertz CT molecular complexity index is 395. The van der Waals surface area contributed by atoms with Crippen LogP contribution in [0.4, 0.5) is 5.82 Å². The number of rotatable bonds is 3. The van der Waals surface area contributed by atoms with Crippen LogP contribution >= 0.6 is 7.14 Å². The number of hydrogen-bond acceptors (Lipinski definition) is 4. The lowest BCUT2D eigenvalue weighted by Gasteiger charge is -2.35. The number of aromatic nitrogens is 1. The highest BCUT2D eigenvalue weighted by atomic mass is 31.2. The molecule has 0 unspecified atom stereocenters. The molecular formula is C12H20N3OP. The first-order chi connectivity index (χ1) is 8.04. The van der Waals surface area contributed by atoms with Gasteiger partial charge in [-0.3, -0.25) is 4.90 Å². The van der Waals surface area contributed by atoms with Gasteiger partial charge in [-0.05, 0) is 25.5 Å².